The van der Waals surface area contributed by atoms with Crippen molar-refractivity contribution in [3.63, 3.8) is 0 Å². The van der Waals surface area contributed by atoms with Gasteiger partial charge in [-0.2, -0.15) is 0 Å². The Morgan fingerprint density at radius 1 is 1.24 bits per heavy atom. The van der Waals surface area contributed by atoms with Gasteiger partial charge in [-0.1, -0.05) is 54.7 Å². The highest BCUT2D eigenvalue weighted by atomic mass is 32.1. The minimum atomic E-state index is -0.0139. The number of benzene rings is 2. The molecule has 0 spiro atoms. The fourth-order valence-electron chi connectivity index (χ4n) is 2.64. The highest BCUT2D eigenvalue weighted by Crippen LogP contribution is 2.34. The monoisotopic (exact) mass is 296 g/mol. The second-order valence-electron chi connectivity index (χ2n) is 5.24. The summed E-state index contributed by atoms with van der Waals surface area (Å²) in [5.41, 5.74) is 9.86. The third-order valence-electron chi connectivity index (χ3n) is 3.85. The summed E-state index contributed by atoms with van der Waals surface area (Å²) in [6.45, 7) is 0.494. The third-order valence-corrected chi connectivity index (χ3v) is 4.08. The number of hydrogen-bond acceptors (Lipinski definition) is 2. The fraction of sp³-hybridized carbons (Fsp3) is 0.176. The lowest BCUT2D eigenvalue weighted by Gasteiger charge is -2.28. The molecule has 1 amide bonds. The summed E-state index contributed by atoms with van der Waals surface area (Å²) >= 11 is 4.96. The van der Waals surface area contributed by atoms with Crippen LogP contribution in [0.3, 0.4) is 0 Å². The molecule has 3 rings (SSSR count). The van der Waals surface area contributed by atoms with Crippen LogP contribution < -0.4 is 11.1 Å². The van der Waals surface area contributed by atoms with Gasteiger partial charge in [0.15, 0.2) is 0 Å². The van der Waals surface area contributed by atoms with Gasteiger partial charge in [-0.05, 0) is 29.2 Å². The van der Waals surface area contributed by atoms with Crippen molar-refractivity contribution in [2.45, 2.75) is 18.9 Å². The SMILES string of the molecule is NC(=S)c1cccc(CNC(=O)C2Cc3ccccc32)c1. The van der Waals surface area contributed by atoms with Crippen LogP contribution in [0.5, 0.6) is 0 Å². The van der Waals surface area contributed by atoms with E-state index in [2.05, 4.69) is 11.4 Å². The zero-order valence-electron chi connectivity index (χ0n) is 11.5. The van der Waals surface area contributed by atoms with E-state index in [4.69, 9.17) is 18.0 Å². The average molecular weight is 296 g/mol. The molecule has 0 aromatic heterocycles. The van der Waals surface area contributed by atoms with E-state index in [1.165, 1.54) is 5.56 Å². The second kappa shape index (κ2) is 5.66. The fourth-order valence-corrected chi connectivity index (χ4v) is 2.77. The molecule has 21 heavy (non-hydrogen) atoms. The molecular weight excluding hydrogens is 280 g/mol. The molecule has 0 fully saturated rings. The minimum absolute atomic E-state index is 0.0139. The molecule has 4 heteroatoms. The first kappa shape index (κ1) is 13.8. The first-order valence-electron chi connectivity index (χ1n) is 6.89. The smallest absolute Gasteiger partial charge is 0.228 e. The van der Waals surface area contributed by atoms with Crippen molar-refractivity contribution in [2.24, 2.45) is 5.73 Å². The van der Waals surface area contributed by atoms with Crippen LogP contribution in [0.25, 0.3) is 0 Å². The Balaban J connectivity index is 1.63. The second-order valence-corrected chi connectivity index (χ2v) is 5.68. The Hall–Kier alpha value is -2.20. The molecule has 1 unspecified atom stereocenters. The van der Waals surface area contributed by atoms with E-state index in [9.17, 15) is 4.79 Å². The van der Waals surface area contributed by atoms with Crippen molar-refractivity contribution < 1.29 is 4.79 Å². The first-order valence-corrected chi connectivity index (χ1v) is 7.30. The highest BCUT2D eigenvalue weighted by molar-refractivity contribution is 7.80. The molecule has 0 bridgehead atoms. The van der Waals surface area contributed by atoms with Gasteiger partial charge in [-0.3, -0.25) is 4.79 Å². The predicted molar refractivity (Wildman–Crippen MR) is 87.1 cm³/mol. The van der Waals surface area contributed by atoms with Gasteiger partial charge in [0, 0.05) is 12.1 Å². The molecule has 0 heterocycles. The van der Waals surface area contributed by atoms with Gasteiger partial charge in [-0.25, -0.2) is 0 Å². The lowest BCUT2D eigenvalue weighted by molar-refractivity contribution is -0.123. The van der Waals surface area contributed by atoms with Crippen LogP contribution in [-0.2, 0) is 17.8 Å². The molecule has 0 radical (unpaired) electrons. The number of rotatable bonds is 4. The van der Waals surface area contributed by atoms with Crippen molar-refractivity contribution in [1.29, 1.82) is 0 Å². The largest absolute Gasteiger partial charge is 0.389 e. The molecule has 2 aromatic rings. The van der Waals surface area contributed by atoms with Crippen molar-refractivity contribution in [1.82, 2.24) is 5.32 Å². The van der Waals surface area contributed by atoms with Crippen LogP contribution in [0.2, 0.25) is 0 Å². The molecule has 1 aliphatic rings. The van der Waals surface area contributed by atoms with E-state index in [0.717, 1.165) is 23.1 Å². The Morgan fingerprint density at radius 2 is 2.05 bits per heavy atom. The summed E-state index contributed by atoms with van der Waals surface area (Å²) in [5.74, 6) is 0.0643. The van der Waals surface area contributed by atoms with E-state index in [-0.39, 0.29) is 11.8 Å². The molecule has 0 saturated carbocycles. The number of hydrogen-bond donors (Lipinski definition) is 2. The molecule has 0 aliphatic heterocycles. The summed E-state index contributed by atoms with van der Waals surface area (Å²) in [5, 5.41) is 2.98. The Morgan fingerprint density at radius 3 is 2.81 bits per heavy atom. The number of fused-ring (bicyclic) bond motifs is 1. The molecule has 3 N–H and O–H groups in total. The number of nitrogens with two attached hydrogens (primary N) is 1. The van der Waals surface area contributed by atoms with Crippen molar-refractivity contribution >= 4 is 23.1 Å². The number of carbonyl (C=O) groups is 1. The van der Waals surface area contributed by atoms with E-state index in [1.807, 2.05) is 42.5 Å². The summed E-state index contributed by atoms with van der Waals surface area (Å²) in [4.78, 5) is 12.6. The normalized spacial score (nSPS) is 15.7. The van der Waals surface area contributed by atoms with Gasteiger partial charge >= 0.3 is 0 Å². The van der Waals surface area contributed by atoms with E-state index in [1.54, 1.807) is 0 Å². The number of nitrogens with one attached hydrogen (secondary N) is 1. The molecule has 2 aromatic carbocycles. The molecule has 0 saturated heterocycles. The summed E-state index contributed by atoms with van der Waals surface area (Å²) in [6.07, 6.45) is 0.828. The number of thiocarbonyl (C=S) groups is 1. The zero-order valence-corrected chi connectivity index (χ0v) is 12.3. The first-order chi connectivity index (χ1) is 10.1. The van der Waals surface area contributed by atoms with Crippen LogP contribution in [-0.4, -0.2) is 10.9 Å². The van der Waals surface area contributed by atoms with E-state index >= 15 is 0 Å². The van der Waals surface area contributed by atoms with Crippen LogP contribution in [0.4, 0.5) is 0 Å². The quantitative estimate of drug-likeness (QED) is 0.851. The Bertz CT molecular complexity index is 711. The predicted octanol–water partition coefficient (Wildman–Crippen LogP) is 2.28. The Kier molecular flexibility index (Phi) is 3.71. The summed E-state index contributed by atoms with van der Waals surface area (Å²) < 4.78 is 0. The van der Waals surface area contributed by atoms with Crippen LogP contribution in [0.15, 0.2) is 48.5 Å². The van der Waals surface area contributed by atoms with Crippen LogP contribution in [0.1, 0.15) is 28.2 Å². The maximum atomic E-state index is 12.2. The summed E-state index contributed by atoms with van der Waals surface area (Å²) in [6, 6.07) is 15.7. The maximum Gasteiger partial charge on any atom is 0.228 e. The molecular formula is C17H16N2OS. The van der Waals surface area contributed by atoms with Crippen molar-refractivity contribution in [3.05, 3.63) is 70.8 Å². The number of amides is 1. The van der Waals surface area contributed by atoms with Gasteiger partial charge in [0.05, 0.1) is 5.92 Å². The van der Waals surface area contributed by atoms with Crippen molar-refractivity contribution in [2.75, 3.05) is 0 Å². The van der Waals surface area contributed by atoms with Crippen LogP contribution >= 0.6 is 12.2 Å². The van der Waals surface area contributed by atoms with Crippen molar-refractivity contribution in [3.8, 4) is 0 Å². The van der Waals surface area contributed by atoms with Gasteiger partial charge in [0.2, 0.25) is 5.91 Å². The van der Waals surface area contributed by atoms with Gasteiger partial charge < -0.3 is 11.1 Å². The molecule has 106 valence electrons. The standard InChI is InChI=1S/C17H16N2OS/c18-16(21)13-6-3-4-11(8-13)10-19-17(20)15-9-12-5-1-2-7-14(12)15/h1-8,15H,9-10H2,(H2,18,21)(H,19,20). The minimum Gasteiger partial charge on any atom is -0.389 e. The Labute approximate surface area is 129 Å². The lowest BCUT2D eigenvalue weighted by atomic mass is 9.77. The lowest BCUT2D eigenvalue weighted by Crippen LogP contribution is -2.35. The average Bonchev–Trinajstić information content (AvgIpc) is 2.47. The molecule has 1 aliphatic carbocycles. The third kappa shape index (κ3) is 2.81. The topological polar surface area (TPSA) is 55.1 Å². The number of carbonyl (C=O) groups excluding carboxylic acids is 1. The van der Waals surface area contributed by atoms with Gasteiger partial charge in [0.25, 0.3) is 0 Å². The van der Waals surface area contributed by atoms with Gasteiger partial charge in [0.1, 0.15) is 4.99 Å². The highest BCUT2D eigenvalue weighted by Gasteiger charge is 2.31. The maximum absolute atomic E-state index is 12.2. The van der Waals surface area contributed by atoms with E-state index < -0.39 is 0 Å². The zero-order chi connectivity index (χ0) is 14.8. The molecule has 3 nitrogen and oxygen atoms in total. The van der Waals surface area contributed by atoms with E-state index in [0.29, 0.717) is 11.5 Å². The summed E-state index contributed by atoms with van der Waals surface area (Å²) in [7, 11) is 0. The molecule has 1 atom stereocenters. The van der Waals surface area contributed by atoms with Gasteiger partial charge in [-0.15, -0.1) is 0 Å². The van der Waals surface area contributed by atoms with Crippen LogP contribution in [0, 0.1) is 0 Å².